The van der Waals surface area contributed by atoms with E-state index in [2.05, 4.69) is 10.0 Å². The van der Waals surface area contributed by atoms with Crippen molar-refractivity contribution in [3.8, 4) is 0 Å². The summed E-state index contributed by atoms with van der Waals surface area (Å²) >= 11 is 0. The van der Waals surface area contributed by atoms with E-state index in [9.17, 15) is 9.59 Å². The fourth-order valence-corrected chi connectivity index (χ4v) is 0.778. The first kappa shape index (κ1) is 9.08. The van der Waals surface area contributed by atoms with Crippen molar-refractivity contribution in [1.82, 2.24) is 4.74 Å². The average molecular weight is 182 g/mol. The number of rotatable bonds is 2. The summed E-state index contributed by atoms with van der Waals surface area (Å²) in [7, 11) is 0. The summed E-state index contributed by atoms with van der Waals surface area (Å²) in [5.41, 5.74) is 7.37. The molecule has 1 rings (SSSR count). The van der Waals surface area contributed by atoms with Crippen molar-refractivity contribution in [2.24, 2.45) is 5.11 Å². The van der Waals surface area contributed by atoms with Crippen LogP contribution in [0.1, 0.15) is 10.6 Å². The predicted molar refractivity (Wildman–Crippen MR) is 42.3 cm³/mol. The summed E-state index contributed by atoms with van der Waals surface area (Å²) in [6.45, 7) is 1.11. The molecule has 0 aliphatic rings. The maximum absolute atomic E-state index is 11.0. The Kier molecular flexibility index (Phi) is 2.51. The second kappa shape index (κ2) is 3.59. The highest BCUT2D eigenvalue weighted by molar-refractivity contribution is 5.79. The molecule has 0 fully saturated rings. The van der Waals surface area contributed by atoms with E-state index < -0.39 is 18.0 Å². The Morgan fingerprint density at radius 2 is 2.54 bits per heavy atom. The van der Waals surface area contributed by atoms with Crippen molar-refractivity contribution in [1.29, 1.82) is 0 Å². The molecule has 68 valence electrons. The summed E-state index contributed by atoms with van der Waals surface area (Å²) < 4.78 is 5.30. The van der Waals surface area contributed by atoms with Crippen LogP contribution in [0.25, 0.3) is 10.4 Å². The monoisotopic (exact) mass is 182 g/mol. The normalized spacial score (nSPS) is 9.31. The van der Waals surface area contributed by atoms with Crippen LogP contribution in [0.3, 0.4) is 0 Å². The number of aromatic nitrogens is 1. The molecule has 0 unspecified atom stereocenters. The molecular formula is C6H6N4O3. The zero-order valence-electron chi connectivity index (χ0n) is 6.80. The van der Waals surface area contributed by atoms with Gasteiger partial charge < -0.3 is 4.52 Å². The standard InChI is InChI=1S/C6H6N4O3/c1-4-2-5(11)10(13-4)6(12)3-8-9-7/h2H,3H2,1H3. The Hall–Kier alpha value is -2.01. The molecule has 0 N–H and O–H groups in total. The van der Waals surface area contributed by atoms with Gasteiger partial charge in [0.2, 0.25) is 0 Å². The average Bonchev–Trinajstić information content (AvgIpc) is 2.41. The minimum Gasteiger partial charge on any atom is -0.373 e. The summed E-state index contributed by atoms with van der Waals surface area (Å²) in [6.07, 6.45) is 0. The van der Waals surface area contributed by atoms with Crippen LogP contribution in [0, 0.1) is 6.92 Å². The molecule has 0 saturated carbocycles. The van der Waals surface area contributed by atoms with Gasteiger partial charge in [-0.15, -0.1) is 4.74 Å². The minimum absolute atomic E-state index is 0.333. The lowest BCUT2D eigenvalue weighted by Gasteiger charge is -1.92. The summed E-state index contributed by atoms with van der Waals surface area (Å²) in [5, 5.41) is 3.01. The number of carbonyl (C=O) groups excluding carboxylic acids is 1. The van der Waals surface area contributed by atoms with E-state index in [1.54, 1.807) is 6.92 Å². The molecular weight excluding hydrogens is 176 g/mol. The van der Waals surface area contributed by atoms with Gasteiger partial charge in [0.25, 0.3) is 11.5 Å². The smallest absolute Gasteiger partial charge is 0.290 e. The molecule has 7 heteroatoms. The van der Waals surface area contributed by atoms with Crippen LogP contribution in [-0.4, -0.2) is 17.2 Å². The molecule has 0 spiro atoms. The minimum atomic E-state index is -0.684. The molecule has 0 bridgehead atoms. The molecule has 7 nitrogen and oxygen atoms in total. The van der Waals surface area contributed by atoms with Crippen molar-refractivity contribution in [3.63, 3.8) is 0 Å². The van der Waals surface area contributed by atoms with E-state index >= 15 is 0 Å². The van der Waals surface area contributed by atoms with Crippen molar-refractivity contribution in [2.45, 2.75) is 6.92 Å². The summed E-state index contributed by atoms with van der Waals surface area (Å²) in [5.74, 6) is -0.352. The quantitative estimate of drug-likeness (QED) is 0.382. The molecule has 1 heterocycles. The summed E-state index contributed by atoms with van der Waals surface area (Å²) in [4.78, 5) is 24.4. The fraction of sp³-hybridized carbons (Fsp3) is 0.333. The Morgan fingerprint density at radius 3 is 3.00 bits per heavy atom. The highest BCUT2D eigenvalue weighted by Gasteiger charge is 2.09. The first-order valence-corrected chi connectivity index (χ1v) is 3.39. The van der Waals surface area contributed by atoms with Gasteiger partial charge in [0.05, 0.1) is 0 Å². The van der Waals surface area contributed by atoms with Crippen molar-refractivity contribution >= 4 is 5.91 Å². The molecule has 0 amide bonds. The van der Waals surface area contributed by atoms with Gasteiger partial charge >= 0.3 is 0 Å². The Balaban J connectivity index is 2.95. The van der Waals surface area contributed by atoms with Gasteiger partial charge in [-0.2, -0.15) is 0 Å². The number of azide groups is 1. The van der Waals surface area contributed by atoms with Gasteiger partial charge in [-0.1, -0.05) is 5.11 Å². The lowest BCUT2D eigenvalue weighted by atomic mass is 10.5. The van der Waals surface area contributed by atoms with E-state index in [0.29, 0.717) is 10.5 Å². The van der Waals surface area contributed by atoms with Crippen LogP contribution in [0.5, 0.6) is 0 Å². The molecule has 0 aliphatic heterocycles. The van der Waals surface area contributed by atoms with Crippen molar-refractivity contribution < 1.29 is 9.32 Å². The zero-order chi connectivity index (χ0) is 9.84. The van der Waals surface area contributed by atoms with Gasteiger partial charge in [0.1, 0.15) is 12.3 Å². The van der Waals surface area contributed by atoms with Gasteiger partial charge in [-0.05, 0) is 12.5 Å². The molecule has 0 aliphatic carbocycles. The number of nitrogens with zero attached hydrogens (tertiary/aromatic N) is 4. The van der Waals surface area contributed by atoms with Gasteiger partial charge in [-0.25, -0.2) is 0 Å². The van der Waals surface area contributed by atoms with Gasteiger partial charge in [0, 0.05) is 11.0 Å². The Morgan fingerprint density at radius 1 is 1.85 bits per heavy atom. The third-order valence-corrected chi connectivity index (χ3v) is 1.26. The number of hydrogen-bond donors (Lipinski definition) is 0. The van der Waals surface area contributed by atoms with Gasteiger partial charge in [0.15, 0.2) is 0 Å². The van der Waals surface area contributed by atoms with E-state index in [1.807, 2.05) is 0 Å². The number of hydrogen-bond acceptors (Lipinski definition) is 4. The molecule has 13 heavy (non-hydrogen) atoms. The maximum Gasteiger partial charge on any atom is 0.290 e. The summed E-state index contributed by atoms with van der Waals surface area (Å²) in [6, 6.07) is 1.17. The Labute approximate surface area is 72.2 Å². The maximum atomic E-state index is 11.0. The molecule has 1 aromatic heterocycles. The van der Waals surface area contributed by atoms with Crippen LogP contribution < -0.4 is 5.56 Å². The highest BCUT2D eigenvalue weighted by Crippen LogP contribution is 1.92. The van der Waals surface area contributed by atoms with Gasteiger partial charge in [-0.3, -0.25) is 9.59 Å². The topological polar surface area (TPSA) is 101 Å². The van der Waals surface area contributed by atoms with Crippen molar-refractivity contribution in [3.05, 3.63) is 32.6 Å². The van der Waals surface area contributed by atoms with E-state index in [4.69, 9.17) is 10.1 Å². The van der Waals surface area contributed by atoms with Crippen LogP contribution in [0.2, 0.25) is 0 Å². The van der Waals surface area contributed by atoms with Crippen LogP contribution in [-0.2, 0) is 0 Å². The van der Waals surface area contributed by atoms with E-state index in [-0.39, 0.29) is 0 Å². The van der Waals surface area contributed by atoms with Crippen molar-refractivity contribution in [2.75, 3.05) is 6.54 Å². The molecule has 0 radical (unpaired) electrons. The second-order valence-corrected chi connectivity index (χ2v) is 2.26. The first-order chi connectivity index (χ1) is 6.15. The lowest BCUT2D eigenvalue weighted by molar-refractivity contribution is 0.0793. The van der Waals surface area contributed by atoms with Crippen LogP contribution >= 0.6 is 0 Å². The molecule has 0 saturated heterocycles. The van der Waals surface area contributed by atoms with Crippen LogP contribution in [0.15, 0.2) is 20.5 Å². The lowest BCUT2D eigenvalue weighted by Crippen LogP contribution is -2.23. The van der Waals surface area contributed by atoms with Crippen LogP contribution in [0.4, 0.5) is 0 Å². The number of carbonyl (C=O) groups is 1. The third-order valence-electron chi connectivity index (χ3n) is 1.26. The van der Waals surface area contributed by atoms with E-state index in [0.717, 1.165) is 0 Å². The molecule has 0 aromatic carbocycles. The molecule has 1 aromatic rings. The largest absolute Gasteiger partial charge is 0.373 e. The molecule has 0 atom stereocenters. The first-order valence-electron chi connectivity index (χ1n) is 3.39. The van der Waals surface area contributed by atoms with E-state index in [1.165, 1.54) is 6.07 Å². The Bertz CT molecular complexity index is 423. The fourth-order valence-electron chi connectivity index (χ4n) is 0.778. The number of aryl methyl sites for hydroxylation is 1. The third kappa shape index (κ3) is 1.97. The highest BCUT2D eigenvalue weighted by atomic mass is 16.5. The SMILES string of the molecule is Cc1cc(=O)n(C(=O)CN=[N+]=[N-])o1. The zero-order valence-corrected chi connectivity index (χ0v) is 6.80. The second-order valence-electron chi connectivity index (χ2n) is 2.26. The predicted octanol–water partition coefficient (Wildman–Crippen LogP) is 0.700.